The Morgan fingerprint density at radius 1 is 1.65 bits per heavy atom. The molecule has 17 heavy (non-hydrogen) atoms. The van der Waals surface area contributed by atoms with E-state index in [0.29, 0.717) is 5.69 Å². The molecular formula is C10H12N4O3. The number of imidazole rings is 1. The molecule has 0 saturated heterocycles. The topological polar surface area (TPSA) is 98.3 Å². The molecule has 90 valence electrons. The van der Waals surface area contributed by atoms with Crippen molar-refractivity contribution in [3.63, 3.8) is 0 Å². The summed E-state index contributed by atoms with van der Waals surface area (Å²) in [5, 5.41) is 11.1. The number of carboxylic acids is 1. The average Bonchev–Trinajstić information content (AvgIpc) is 2.77. The third-order valence-electron chi connectivity index (χ3n) is 1.88. The normalized spacial score (nSPS) is 9.35. The van der Waals surface area contributed by atoms with Crippen LogP contribution in [0.5, 0.6) is 0 Å². The summed E-state index contributed by atoms with van der Waals surface area (Å²) in [5.74, 6) is 1.11. The van der Waals surface area contributed by atoms with E-state index in [-0.39, 0.29) is 13.1 Å². The maximum Gasteiger partial charge on any atom is 0.323 e. The quantitative estimate of drug-likeness (QED) is 0.608. The molecule has 0 fully saturated rings. The van der Waals surface area contributed by atoms with Gasteiger partial charge in [-0.15, -0.1) is 6.42 Å². The molecule has 0 aliphatic carbocycles. The van der Waals surface area contributed by atoms with Crippen LogP contribution in [0, 0.1) is 12.3 Å². The molecule has 0 aliphatic heterocycles. The van der Waals surface area contributed by atoms with E-state index >= 15 is 0 Å². The van der Waals surface area contributed by atoms with Gasteiger partial charge >= 0.3 is 12.0 Å². The zero-order valence-corrected chi connectivity index (χ0v) is 9.01. The highest BCUT2D eigenvalue weighted by atomic mass is 16.4. The molecule has 7 heteroatoms. The van der Waals surface area contributed by atoms with E-state index in [4.69, 9.17) is 11.5 Å². The van der Waals surface area contributed by atoms with E-state index in [2.05, 4.69) is 21.2 Å². The zero-order chi connectivity index (χ0) is 12.7. The van der Waals surface area contributed by atoms with Gasteiger partial charge in [0, 0.05) is 6.20 Å². The highest BCUT2D eigenvalue weighted by molar-refractivity contribution is 5.80. The summed E-state index contributed by atoms with van der Waals surface area (Å²) in [6.45, 7) is -0.250. The van der Waals surface area contributed by atoms with E-state index in [1.165, 1.54) is 6.33 Å². The lowest BCUT2D eigenvalue weighted by atomic mass is 10.4. The van der Waals surface area contributed by atoms with E-state index in [0.717, 1.165) is 4.90 Å². The maximum atomic E-state index is 11.6. The van der Waals surface area contributed by atoms with Crippen LogP contribution in [0.4, 0.5) is 4.79 Å². The molecule has 1 aromatic heterocycles. The second-order valence-electron chi connectivity index (χ2n) is 3.19. The standard InChI is InChI=1S/C10H12N4O3/c1-2-3-14(6-9(15)16)10(17)12-5-8-4-11-7-13-8/h1,4,7H,3,5-6H2,(H,11,13)(H,12,17)(H,15,16). The van der Waals surface area contributed by atoms with Gasteiger partial charge in [0.15, 0.2) is 0 Å². The molecule has 7 nitrogen and oxygen atoms in total. The van der Waals surface area contributed by atoms with E-state index in [1.54, 1.807) is 6.20 Å². The monoisotopic (exact) mass is 236 g/mol. The summed E-state index contributed by atoms with van der Waals surface area (Å²) in [5.41, 5.74) is 0.717. The van der Waals surface area contributed by atoms with Crippen LogP contribution in [0.3, 0.4) is 0 Å². The molecule has 1 aromatic rings. The number of aromatic amines is 1. The number of carbonyl (C=O) groups excluding carboxylic acids is 1. The van der Waals surface area contributed by atoms with Gasteiger partial charge in [-0.05, 0) is 0 Å². The first-order chi connectivity index (χ1) is 8.13. The van der Waals surface area contributed by atoms with Gasteiger partial charge in [0.2, 0.25) is 0 Å². The van der Waals surface area contributed by atoms with Gasteiger partial charge in [-0.25, -0.2) is 9.78 Å². The Hall–Kier alpha value is -2.49. The van der Waals surface area contributed by atoms with Gasteiger partial charge in [0.25, 0.3) is 0 Å². The smallest absolute Gasteiger partial charge is 0.323 e. The van der Waals surface area contributed by atoms with Crippen molar-refractivity contribution in [2.24, 2.45) is 0 Å². The van der Waals surface area contributed by atoms with E-state index in [9.17, 15) is 9.59 Å². The fourth-order valence-electron chi connectivity index (χ4n) is 1.14. The third-order valence-corrected chi connectivity index (χ3v) is 1.88. The lowest BCUT2D eigenvalue weighted by molar-refractivity contribution is -0.137. The SMILES string of the molecule is C#CCN(CC(=O)O)C(=O)NCc1cnc[nH]1. The number of terminal acetylenes is 1. The highest BCUT2D eigenvalue weighted by Gasteiger charge is 2.15. The molecule has 0 spiro atoms. The first kappa shape index (κ1) is 12.6. The Balaban J connectivity index is 2.47. The Bertz CT molecular complexity index is 421. The molecule has 0 bridgehead atoms. The minimum Gasteiger partial charge on any atom is -0.480 e. The van der Waals surface area contributed by atoms with Crippen molar-refractivity contribution in [2.45, 2.75) is 6.54 Å². The van der Waals surface area contributed by atoms with E-state index < -0.39 is 18.5 Å². The number of carbonyl (C=O) groups is 2. The average molecular weight is 236 g/mol. The molecule has 0 radical (unpaired) electrons. The second-order valence-corrected chi connectivity index (χ2v) is 3.19. The number of rotatable bonds is 5. The lowest BCUT2D eigenvalue weighted by Gasteiger charge is -2.18. The number of nitrogens with one attached hydrogen (secondary N) is 2. The lowest BCUT2D eigenvalue weighted by Crippen LogP contribution is -2.42. The first-order valence-corrected chi connectivity index (χ1v) is 4.78. The van der Waals surface area contributed by atoms with Crippen molar-refractivity contribution < 1.29 is 14.7 Å². The van der Waals surface area contributed by atoms with Crippen LogP contribution in [0.25, 0.3) is 0 Å². The van der Waals surface area contributed by atoms with Crippen LogP contribution in [0.1, 0.15) is 5.69 Å². The van der Waals surface area contributed by atoms with Gasteiger partial charge in [-0.1, -0.05) is 5.92 Å². The molecule has 0 aliphatic rings. The predicted molar refractivity (Wildman–Crippen MR) is 58.9 cm³/mol. The predicted octanol–water partition coefficient (Wildman–Crippen LogP) is -0.361. The molecule has 0 unspecified atom stereocenters. The van der Waals surface area contributed by atoms with Gasteiger partial charge < -0.3 is 20.3 Å². The number of aromatic nitrogens is 2. The van der Waals surface area contributed by atoms with E-state index in [1.807, 2.05) is 0 Å². The summed E-state index contributed by atoms with van der Waals surface area (Å²) < 4.78 is 0. The van der Waals surface area contributed by atoms with Crippen LogP contribution >= 0.6 is 0 Å². The van der Waals surface area contributed by atoms with Gasteiger partial charge in [0.1, 0.15) is 6.54 Å². The third kappa shape index (κ3) is 4.25. The summed E-state index contributed by atoms with van der Waals surface area (Å²) in [6, 6.07) is -0.528. The Morgan fingerprint density at radius 3 is 2.94 bits per heavy atom. The van der Waals surface area contributed by atoms with Gasteiger partial charge in [-0.2, -0.15) is 0 Å². The summed E-state index contributed by atoms with van der Waals surface area (Å²) in [7, 11) is 0. The minimum atomic E-state index is -1.11. The number of amides is 2. The van der Waals surface area contributed by atoms with Crippen molar-refractivity contribution in [3.8, 4) is 12.3 Å². The molecule has 0 saturated carbocycles. The number of carboxylic acid groups (broad SMARTS) is 1. The van der Waals surface area contributed by atoms with Crippen molar-refractivity contribution in [1.29, 1.82) is 0 Å². The maximum absolute atomic E-state index is 11.6. The molecule has 0 aromatic carbocycles. The van der Waals surface area contributed by atoms with Crippen LogP contribution in [-0.4, -0.2) is 45.1 Å². The number of hydrogen-bond donors (Lipinski definition) is 3. The Morgan fingerprint density at radius 2 is 2.41 bits per heavy atom. The van der Waals surface area contributed by atoms with Crippen molar-refractivity contribution >= 4 is 12.0 Å². The van der Waals surface area contributed by atoms with Crippen LogP contribution in [0.15, 0.2) is 12.5 Å². The number of hydrogen-bond acceptors (Lipinski definition) is 3. The number of H-pyrrole nitrogens is 1. The summed E-state index contributed by atoms with van der Waals surface area (Å²) in [4.78, 5) is 29.7. The largest absolute Gasteiger partial charge is 0.480 e. The van der Waals surface area contributed by atoms with Crippen molar-refractivity contribution in [1.82, 2.24) is 20.2 Å². The molecule has 2 amide bonds. The fourth-order valence-corrected chi connectivity index (χ4v) is 1.14. The van der Waals surface area contributed by atoms with Crippen LogP contribution in [-0.2, 0) is 11.3 Å². The molecule has 3 N–H and O–H groups in total. The van der Waals surface area contributed by atoms with Crippen LogP contribution < -0.4 is 5.32 Å². The molecule has 1 heterocycles. The molecular weight excluding hydrogens is 224 g/mol. The second kappa shape index (κ2) is 6.17. The molecule has 1 rings (SSSR count). The molecule has 0 atom stereocenters. The highest BCUT2D eigenvalue weighted by Crippen LogP contribution is 1.93. The number of aliphatic carboxylic acids is 1. The van der Waals surface area contributed by atoms with Crippen molar-refractivity contribution in [2.75, 3.05) is 13.1 Å². The van der Waals surface area contributed by atoms with Gasteiger partial charge in [-0.3, -0.25) is 4.79 Å². The number of urea groups is 1. The minimum absolute atomic E-state index is 0.0545. The summed E-state index contributed by atoms with van der Waals surface area (Å²) in [6.07, 6.45) is 8.10. The fraction of sp³-hybridized carbons (Fsp3) is 0.300. The first-order valence-electron chi connectivity index (χ1n) is 4.78. The number of nitrogens with zero attached hydrogens (tertiary/aromatic N) is 2. The van der Waals surface area contributed by atoms with Gasteiger partial charge in [0.05, 0.1) is 25.1 Å². The van der Waals surface area contributed by atoms with Crippen LogP contribution in [0.2, 0.25) is 0 Å². The summed E-state index contributed by atoms with van der Waals surface area (Å²) >= 11 is 0. The Labute approximate surface area is 97.8 Å². The van der Waals surface area contributed by atoms with Crippen molar-refractivity contribution in [3.05, 3.63) is 18.2 Å². The zero-order valence-electron chi connectivity index (χ0n) is 9.01. The Kier molecular flexibility index (Phi) is 4.57.